The van der Waals surface area contributed by atoms with E-state index >= 15 is 0 Å². The average Bonchev–Trinajstić information content (AvgIpc) is 3.07. The summed E-state index contributed by atoms with van der Waals surface area (Å²) in [6, 6.07) is 4.33. The lowest BCUT2D eigenvalue weighted by atomic mass is 10.1. The molecule has 138 valence electrons. The Morgan fingerprint density at radius 2 is 1.88 bits per heavy atom. The number of piperazine rings is 1. The fraction of sp³-hybridized carbons (Fsp3) is 0.529. The van der Waals surface area contributed by atoms with Gasteiger partial charge in [0.1, 0.15) is 5.82 Å². The SMILES string of the molecule is Cl.O=C(CC1CCCN1)N1CCN(C(=O)c2ccc(Cl)cc2F)CC1. The minimum atomic E-state index is -0.613. The highest BCUT2D eigenvalue weighted by Gasteiger charge is 2.28. The first kappa shape index (κ1) is 19.9. The number of nitrogens with one attached hydrogen (secondary N) is 1. The van der Waals surface area contributed by atoms with Crippen LogP contribution in [0, 0.1) is 5.82 Å². The van der Waals surface area contributed by atoms with E-state index in [1.165, 1.54) is 12.1 Å². The van der Waals surface area contributed by atoms with Gasteiger partial charge in [-0.15, -0.1) is 12.4 Å². The highest BCUT2D eigenvalue weighted by Crippen LogP contribution is 2.18. The van der Waals surface area contributed by atoms with Crippen molar-refractivity contribution in [3.63, 3.8) is 0 Å². The van der Waals surface area contributed by atoms with Crippen molar-refractivity contribution >= 4 is 35.8 Å². The summed E-state index contributed by atoms with van der Waals surface area (Å²) in [6.45, 7) is 2.81. The molecule has 2 amide bonds. The number of hydrogen-bond acceptors (Lipinski definition) is 3. The summed E-state index contributed by atoms with van der Waals surface area (Å²) < 4.78 is 13.9. The van der Waals surface area contributed by atoms with E-state index in [-0.39, 0.29) is 40.8 Å². The number of halogens is 3. The molecule has 2 aliphatic heterocycles. The van der Waals surface area contributed by atoms with Gasteiger partial charge in [-0.2, -0.15) is 0 Å². The Kier molecular flexibility index (Phi) is 7.04. The Morgan fingerprint density at radius 3 is 2.48 bits per heavy atom. The molecule has 1 unspecified atom stereocenters. The quantitative estimate of drug-likeness (QED) is 0.862. The molecule has 5 nitrogen and oxygen atoms in total. The third-order valence-corrected chi connectivity index (χ3v) is 4.90. The molecule has 0 aromatic heterocycles. The Bertz CT molecular complexity index is 630. The van der Waals surface area contributed by atoms with Gasteiger partial charge >= 0.3 is 0 Å². The topological polar surface area (TPSA) is 52.7 Å². The summed E-state index contributed by atoms with van der Waals surface area (Å²) >= 11 is 5.72. The van der Waals surface area contributed by atoms with Crippen molar-refractivity contribution in [3.05, 3.63) is 34.6 Å². The highest BCUT2D eigenvalue weighted by atomic mass is 35.5. The number of carbonyl (C=O) groups excluding carboxylic acids is 2. The van der Waals surface area contributed by atoms with Gasteiger partial charge in [0.25, 0.3) is 5.91 Å². The fourth-order valence-electron chi connectivity index (χ4n) is 3.26. The summed E-state index contributed by atoms with van der Waals surface area (Å²) in [6.07, 6.45) is 2.67. The molecule has 25 heavy (non-hydrogen) atoms. The van der Waals surface area contributed by atoms with E-state index < -0.39 is 5.82 Å². The zero-order valence-electron chi connectivity index (χ0n) is 13.8. The standard InChI is InChI=1S/C17H21ClFN3O2.ClH/c18-12-3-4-14(15(19)10-12)17(24)22-8-6-21(7-9-22)16(23)11-13-2-1-5-20-13;/h3-4,10,13,20H,1-2,5-9,11H2;1H. The molecule has 2 fully saturated rings. The van der Waals surface area contributed by atoms with Crippen molar-refractivity contribution in [2.45, 2.75) is 25.3 Å². The molecule has 1 atom stereocenters. The van der Waals surface area contributed by atoms with Crippen LogP contribution in [0.2, 0.25) is 5.02 Å². The zero-order chi connectivity index (χ0) is 17.1. The third-order valence-electron chi connectivity index (χ3n) is 4.66. The monoisotopic (exact) mass is 389 g/mol. The first-order valence-corrected chi connectivity index (χ1v) is 8.68. The van der Waals surface area contributed by atoms with Crippen molar-refractivity contribution in [1.29, 1.82) is 0 Å². The van der Waals surface area contributed by atoms with Crippen molar-refractivity contribution in [2.75, 3.05) is 32.7 Å². The maximum absolute atomic E-state index is 13.9. The Morgan fingerprint density at radius 1 is 1.20 bits per heavy atom. The molecule has 3 rings (SSSR count). The van der Waals surface area contributed by atoms with Crippen molar-refractivity contribution in [2.24, 2.45) is 0 Å². The van der Waals surface area contributed by atoms with Gasteiger partial charge in [-0.05, 0) is 37.6 Å². The lowest BCUT2D eigenvalue weighted by Gasteiger charge is -2.35. The maximum Gasteiger partial charge on any atom is 0.256 e. The largest absolute Gasteiger partial charge is 0.339 e. The van der Waals surface area contributed by atoms with Crippen LogP contribution in [0.4, 0.5) is 4.39 Å². The first-order valence-electron chi connectivity index (χ1n) is 8.30. The van der Waals surface area contributed by atoms with Gasteiger partial charge in [-0.3, -0.25) is 9.59 Å². The van der Waals surface area contributed by atoms with Gasteiger partial charge in [0, 0.05) is 43.7 Å². The summed E-state index contributed by atoms with van der Waals surface area (Å²) in [5, 5.41) is 3.59. The molecule has 0 bridgehead atoms. The Hall–Kier alpha value is -1.37. The van der Waals surface area contributed by atoms with E-state index in [0.29, 0.717) is 32.6 Å². The zero-order valence-corrected chi connectivity index (χ0v) is 15.4. The highest BCUT2D eigenvalue weighted by molar-refractivity contribution is 6.30. The number of benzene rings is 1. The predicted molar refractivity (Wildman–Crippen MR) is 96.8 cm³/mol. The predicted octanol–water partition coefficient (Wildman–Crippen LogP) is 2.33. The van der Waals surface area contributed by atoms with E-state index in [4.69, 9.17) is 11.6 Å². The lowest BCUT2D eigenvalue weighted by Crippen LogP contribution is -2.51. The number of nitrogens with zero attached hydrogens (tertiary/aromatic N) is 2. The Labute approximate surface area is 157 Å². The molecular formula is C17H22Cl2FN3O2. The average molecular weight is 390 g/mol. The van der Waals surface area contributed by atoms with Crippen LogP contribution >= 0.6 is 24.0 Å². The smallest absolute Gasteiger partial charge is 0.256 e. The summed E-state index contributed by atoms with van der Waals surface area (Å²) in [7, 11) is 0. The third kappa shape index (κ3) is 4.84. The molecule has 2 heterocycles. The summed E-state index contributed by atoms with van der Waals surface area (Å²) in [4.78, 5) is 28.1. The molecule has 8 heteroatoms. The number of amides is 2. The summed E-state index contributed by atoms with van der Waals surface area (Å²) in [5.74, 6) is -0.841. The molecule has 1 aromatic rings. The van der Waals surface area contributed by atoms with Crippen LogP contribution in [0.25, 0.3) is 0 Å². The van der Waals surface area contributed by atoms with Gasteiger partial charge in [-0.1, -0.05) is 11.6 Å². The molecule has 1 N–H and O–H groups in total. The molecule has 0 saturated carbocycles. The second-order valence-corrected chi connectivity index (χ2v) is 6.73. The van der Waals surface area contributed by atoms with E-state index in [1.54, 1.807) is 9.80 Å². The fourth-order valence-corrected chi connectivity index (χ4v) is 3.42. The van der Waals surface area contributed by atoms with Crippen LogP contribution in [0.1, 0.15) is 29.6 Å². The molecule has 2 aliphatic rings. The van der Waals surface area contributed by atoms with Gasteiger partial charge in [-0.25, -0.2) is 4.39 Å². The van der Waals surface area contributed by atoms with Crippen LogP contribution in [-0.2, 0) is 4.79 Å². The molecule has 0 spiro atoms. The minimum absolute atomic E-state index is 0. The van der Waals surface area contributed by atoms with Crippen LogP contribution in [0.3, 0.4) is 0 Å². The van der Waals surface area contributed by atoms with Crippen LogP contribution in [0.15, 0.2) is 18.2 Å². The Balaban J connectivity index is 0.00000225. The molecular weight excluding hydrogens is 368 g/mol. The summed E-state index contributed by atoms with van der Waals surface area (Å²) in [5.41, 5.74) is 0.0225. The van der Waals surface area contributed by atoms with Gasteiger partial charge in [0.15, 0.2) is 0 Å². The van der Waals surface area contributed by atoms with Crippen molar-refractivity contribution < 1.29 is 14.0 Å². The van der Waals surface area contributed by atoms with Crippen LogP contribution in [-0.4, -0.2) is 60.4 Å². The van der Waals surface area contributed by atoms with Crippen molar-refractivity contribution in [3.8, 4) is 0 Å². The molecule has 0 radical (unpaired) electrons. The number of hydrogen-bond donors (Lipinski definition) is 1. The van der Waals surface area contributed by atoms with Gasteiger partial charge < -0.3 is 15.1 Å². The second kappa shape index (κ2) is 8.83. The minimum Gasteiger partial charge on any atom is -0.339 e. The maximum atomic E-state index is 13.9. The van der Waals surface area contributed by atoms with Gasteiger partial charge in [0.2, 0.25) is 5.91 Å². The van der Waals surface area contributed by atoms with Crippen LogP contribution in [0.5, 0.6) is 0 Å². The van der Waals surface area contributed by atoms with Gasteiger partial charge in [0.05, 0.1) is 5.56 Å². The molecule has 1 aromatic carbocycles. The first-order chi connectivity index (χ1) is 11.5. The molecule has 2 saturated heterocycles. The van der Waals surface area contributed by atoms with E-state index in [1.807, 2.05) is 0 Å². The second-order valence-electron chi connectivity index (χ2n) is 6.29. The van der Waals surface area contributed by atoms with Crippen molar-refractivity contribution in [1.82, 2.24) is 15.1 Å². The number of rotatable bonds is 3. The normalized spacial score (nSPS) is 20.3. The van der Waals surface area contributed by atoms with E-state index in [0.717, 1.165) is 25.5 Å². The lowest BCUT2D eigenvalue weighted by molar-refractivity contribution is -0.133. The molecule has 0 aliphatic carbocycles. The van der Waals surface area contributed by atoms with Crippen LogP contribution < -0.4 is 5.32 Å². The van der Waals surface area contributed by atoms with E-state index in [9.17, 15) is 14.0 Å². The number of carbonyl (C=O) groups is 2. The van der Waals surface area contributed by atoms with E-state index in [2.05, 4.69) is 5.32 Å².